The lowest BCUT2D eigenvalue weighted by Crippen LogP contribution is -2.42. The number of nitrogens with one attached hydrogen (secondary N) is 1. The highest BCUT2D eigenvalue weighted by atomic mass is 16.5. The predicted molar refractivity (Wildman–Crippen MR) is 90.7 cm³/mol. The molecule has 0 aromatic carbocycles. The van der Waals surface area contributed by atoms with E-state index in [1.807, 2.05) is 26.0 Å². The minimum Gasteiger partial charge on any atom is -0.481 e. The van der Waals surface area contributed by atoms with Crippen LogP contribution in [0.1, 0.15) is 32.3 Å². The quantitative estimate of drug-likeness (QED) is 0.887. The Bertz CT molecular complexity index is 578. The van der Waals surface area contributed by atoms with Crippen molar-refractivity contribution < 1.29 is 14.3 Å². The number of piperidine rings is 1. The fraction of sp³-hybridized carbons (Fsp3) is 0.667. The van der Waals surface area contributed by atoms with Gasteiger partial charge in [0.2, 0.25) is 11.8 Å². The third kappa shape index (κ3) is 3.87. The van der Waals surface area contributed by atoms with Crippen LogP contribution in [0.15, 0.2) is 18.3 Å². The van der Waals surface area contributed by atoms with Gasteiger partial charge in [-0.25, -0.2) is 4.98 Å². The summed E-state index contributed by atoms with van der Waals surface area (Å²) in [5.74, 6) is 1.20. The molecule has 0 radical (unpaired) electrons. The largest absolute Gasteiger partial charge is 0.481 e. The van der Waals surface area contributed by atoms with Crippen molar-refractivity contribution in [3.8, 4) is 5.88 Å². The zero-order valence-electron chi connectivity index (χ0n) is 14.7. The Labute approximate surface area is 143 Å². The molecule has 0 unspecified atom stereocenters. The van der Waals surface area contributed by atoms with E-state index in [2.05, 4.69) is 15.2 Å². The van der Waals surface area contributed by atoms with Crippen LogP contribution in [0.3, 0.4) is 0 Å². The SMILES string of the molecule is COc1ncccc1CN1CC[C@@H]2C[C@@H](C(=O)NC(C)C)O[C@@H]2C1. The first-order valence-electron chi connectivity index (χ1n) is 8.73. The summed E-state index contributed by atoms with van der Waals surface area (Å²) in [6.45, 7) is 6.62. The third-order valence-electron chi connectivity index (χ3n) is 4.80. The molecular formula is C18H27N3O3. The number of ether oxygens (including phenoxy) is 2. The number of hydrogen-bond acceptors (Lipinski definition) is 5. The standard InChI is InChI=1S/C18H27N3O3/c1-12(2)20-17(22)15-9-13-6-8-21(11-16(13)24-15)10-14-5-4-7-19-18(14)23-3/h4-5,7,12-13,15-16H,6,8-11H2,1-3H3,(H,20,22)/t13-,15+,16-/m1/s1. The van der Waals surface area contributed by atoms with Crippen LogP contribution >= 0.6 is 0 Å². The number of amides is 1. The van der Waals surface area contributed by atoms with Crippen molar-refractivity contribution in [2.24, 2.45) is 5.92 Å². The summed E-state index contributed by atoms with van der Waals surface area (Å²) in [6.07, 6.45) is 3.50. The number of nitrogens with zero attached hydrogens (tertiary/aromatic N) is 2. The fourth-order valence-electron chi connectivity index (χ4n) is 3.65. The number of carbonyl (C=O) groups is 1. The molecule has 0 spiro atoms. The Morgan fingerprint density at radius 1 is 1.54 bits per heavy atom. The average molecular weight is 333 g/mol. The third-order valence-corrected chi connectivity index (χ3v) is 4.80. The van der Waals surface area contributed by atoms with Crippen molar-refractivity contribution in [1.29, 1.82) is 0 Å². The van der Waals surface area contributed by atoms with Gasteiger partial charge in [0.1, 0.15) is 6.10 Å². The molecule has 0 saturated carbocycles. The van der Waals surface area contributed by atoms with Crippen molar-refractivity contribution >= 4 is 5.91 Å². The van der Waals surface area contributed by atoms with Crippen molar-refractivity contribution in [1.82, 2.24) is 15.2 Å². The van der Waals surface area contributed by atoms with Crippen LogP contribution in [0.4, 0.5) is 0 Å². The predicted octanol–water partition coefficient (Wildman–Crippen LogP) is 1.59. The Morgan fingerprint density at radius 3 is 3.12 bits per heavy atom. The zero-order chi connectivity index (χ0) is 17.1. The number of hydrogen-bond donors (Lipinski definition) is 1. The second-order valence-electron chi connectivity index (χ2n) is 7.02. The van der Waals surface area contributed by atoms with Gasteiger partial charge >= 0.3 is 0 Å². The monoisotopic (exact) mass is 333 g/mol. The van der Waals surface area contributed by atoms with E-state index in [9.17, 15) is 4.79 Å². The molecule has 1 aromatic rings. The molecule has 1 amide bonds. The molecule has 2 aliphatic rings. The van der Waals surface area contributed by atoms with E-state index in [4.69, 9.17) is 9.47 Å². The number of rotatable bonds is 5. The lowest BCUT2D eigenvalue weighted by atomic mass is 9.91. The summed E-state index contributed by atoms with van der Waals surface area (Å²) < 4.78 is 11.4. The van der Waals surface area contributed by atoms with Crippen LogP contribution in [-0.4, -0.2) is 54.2 Å². The normalized spacial score (nSPS) is 27.1. The zero-order valence-corrected chi connectivity index (χ0v) is 14.7. The Balaban J connectivity index is 1.58. The molecule has 0 bridgehead atoms. The molecular weight excluding hydrogens is 306 g/mol. The summed E-state index contributed by atoms with van der Waals surface area (Å²) in [4.78, 5) is 18.8. The number of methoxy groups -OCH3 is 1. The minimum atomic E-state index is -0.296. The van der Waals surface area contributed by atoms with E-state index >= 15 is 0 Å². The first-order valence-corrected chi connectivity index (χ1v) is 8.73. The lowest BCUT2D eigenvalue weighted by molar-refractivity contribution is -0.133. The van der Waals surface area contributed by atoms with Crippen molar-refractivity contribution in [2.45, 2.75) is 51.5 Å². The summed E-state index contributed by atoms with van der Waals surface area (Å²) in [6, 6.07) is 4.13. The molecule has 1 N–H and O–H groups in total. The summed E-state index contributed by atoms with van der Waals surface area (Å²) in [5.41, 5.74) is 1.09. The molecule has 1 aromatic heterocycles. The van der Waals surface area contributed by atoms with Crippen molar-refractivity contribution in [3.05, 3.63) is 23.9 Å². The molecule has 6 heteroatoms. The molecule has 2 fully saturated rings. The van der Waals surface area contributed by atoms with Gasteiger partial charge in [-0.05, 0) is 45.2 Å². The maximum absolute atomic E-state index is 12.2. The Morgan fingerprint density at radius 2 is 2.38 bits per heavy atom. The molecule has 3 rings (SSSR count). The van der Waals surface area contributed by atoms with Gasteiger partial charge < -0.3 is 14.8 Å². The molecule has 24 heavy (non-hydrogen) atoms. The molecule has 0 aliphatic carbocycles. The van der Waals surface area contributed by atoms with Crippen LogP contribution in [0.25, 0.3) is 0 Å². The van der Waals surface area contributed by atoms with Crippen LogP contribution in [0.5, 0.6) is 5.88 Å². The maximum atomic E-state index is 12.2. The highest BCUT2D eigenvalue weighted by Crippen LogP contribution is 2.34. The highest BCUT2D eigenvalue weighted by molar-refractivity contribution is 5.81. The lowest BCUT2D eigenvalue weighted by Gasteiger charge is -2.34. The van der Waals surface area contributed by atoms with Gasteiger partial charge in [0.05, 0.1) is 13.2 Å². The molecule has 132 valence electrons. The van der Waals surface area contributed by atoms with E-state index in [0.717, 1.165) is 38.0 Å². The Kier molecular flexibility index (Phi) is 5.36. The fourth-order valence-corrected chi connectivity index (χ4v) is 3.65. The van der Waals surface area contributed by atoms with E-state index in [1.165, 1.54) is 0 Å². The van der Waals surface area contributed by atoms with E-state index in [0.29, 0.717) is 11.8 Å². The van der Waals surface area contributed by atoms with Crippen molar-refractivity contribution in [2.75, 3.05) is 20.2 Å². The summed E-state index contributed by atoms with van der Waals surface area (Å²) in [5, 5.41) is 2.96. The van der Waals surface area contributed by atoms with Gasteiger partial charge in [0.25, 0.3) is 0 Å². The molecule has 2 aliphatic heterocycles. The maximum Gasteiger partial charge on any atom is 0.249 e. The first kappa shape index (κ1) is 17.2. The highest BCUT2D eigenvalue weighted by Gasteiger charge is 2.41. The van der Waals surface area contributed by atoms with Crippen LogP contribution < -0.4 is 10.1 Å². The Hall–Kier alpha value is -1.66. The van der Waals surface area contributed by atoms with E-state index in [-0.39, 0.29) is 24.2 Å². The topological polar surface area (TPSA) is 63.7 Å². The second-order valence-corrected chi connectivity index (χ2v) is 7.02. The molecule has 3 atom stereocenters. The number of likely N-dealkylation sites (tertiary alicyclic amines) is 1. The molecule has 3 heterocycles. The van der Waals surface area contributed by atoms with Crippen LogP contribution in [0, 0.1) is 5.92 Å². The number of aromatic nitrogens is 1. The second kappa shape index (κ2) is 7.49. The van der Waals surface area contributed by atoms with Gasteiger partial charge in [-0.2, -0.15) is 0 Å². The average Bonchev–Trinajstić information content (AvgIpc) is 2.98. The minimum absolute atomic E-state index is 0.0277. The van der Waals surface area contributed by atoms with Crippen molar-refractivity contribution in [3.63, 3.8) is 0 Å². The van der Waals surface area contributed by atoms with Crippen LogP contribution in [0.2, 0.25) is 0 Å². The van der Waals surface area contributed by atoms with Crippen LogP contribution in [-0.2, 0) is 16.1 Å². The summed E-state index contributed by atoms with van der Waals surface area (Å²) >= 11 is 0. The van der Waals surface area contributed by atoms with Gasteiger partial charge in [-0.15, -0.1) is 0 Å². The number of fused-ring (bicyclic) bond motifs is 1. The van der Waals surface area contributed by atoms with Gasteiger partial charge in [0, 0.05) is 30.9 Å². The van der Waals surface area contributed by atoms with E-state index < -0.39 is 0 Å². The smallest absolute Gasteiger partial charge is 0.249 e. The van der Waals surface area contributed by atoms with E-state index in [1.54, 1.807) is 13.3 Å². The number of pyridine rings is 1. The summed E-state index contributed by atoms with van der Waals surface area (Å²) in [7, 11) is 1.65. The van der Waals surface area contributed by atoms with Gasteiger partial charge in [-0.1, -0.05) is 6.07 Å². The molecule has 6 nitrogen and oxygen atoms in total. The van der Waals surface area contributed by atoms with Gasteiger partial charge in [0.15, 0.2) is 0 Å². The molecule has 2 saturated heterocycles. The van der Waals surface area contributed by atoms with Gasteiger partial charge in [-0.3, -0.25) is 9.69 Å². The first-order chi connectivity index (χ1) is 11.6. The number of carbonyl (C=O) groups excluding carboxylic acids is 1.